The van der Waals surface area contributed by atoms with E-state index in [-0.39, 0.29) is 11.3 Å². The first-order valence-electron chi connectivity index (χ1n) is 7.77. The molecule has 2 N–H and O–H groups in total. The van der Waals surface area contributed by atoms with Crippen molar-refractivity contribution in [3.8, 4) is 10.6 Å². The summed E-state index contributed by atoms with van der Waals surface area (Å²) in [5.41, 5.74) is 1.49. The first-order valence-corrected chi connectivity index (χ1v) is 9.03. The first-order chi connectivity index (χ1) is 11.1. The number of carbonyl (C=O) groups is 1. The topological polar surface area (TPSA) is 54.0 Å². The number of amides is 1. The van der Waals surface area contributed by atoms with Crippen LogP contribution in [-0.2, 0) is 0 Å². The van der Waals surface area contributed by atoms with E-state index in [1.165, 1.54) is 11.3 Å². The third-order valence-corrected chi connectivity index (χ3v) is 5.53. The van der Waals surface area contributed by atoms with Crippen LogP contribution < -0.4 is 10.6 Å². The lowest BCUT2D eigenvalue weighted by Crippen LogP contribution is -2.42. The summed E-state index contributed by atoms with van der Waals surface area (Å²) in [5, 5.41) is 9.59. The zero-order chi connectivity index (χ0) is 16.3. The predicted molar refractivity (Wildman–Crippen MR) is 95.1 cm³/mol. The van der Waals surface area contributed by atoms with E-state index in [1.807, 2.05) is 24.3 Å². The van der Waals surface area contributed by atoms with Crippen molar-refractivity contribution in [3.63, 3.8) is 0 Å². The van der Waals surface area contributed by atoms with Gasteiger partial charge in [0.15, 0.2) is 0 Å². The second-order valence-corrected chi connectivity index (χ2v) is 7.53. The van der Waals surface area contributed by atoms with Gasteiger partial charge < -0.3 is 10.6 Å². The van der Waals surface area contributed by atoms with Gasteiger partial charge in [0.1, 0.15) is 10.7 Å². The maximum absolute atomic E-state index is 12.3. The SMILES string of the molecule is CC1(CNC(=O)c2csc(-c3ccccc3Cl)n2)CCNCC1. The summed E-state index contributed by atoms with van der Waals surface area (Å²) in [6, 6.07) is 7.54. The number of rotatable bonds is 4. The molecule has 0 radical (unpaired) electrons. The molecule has 1 aromatic heterocycles. The maximum Gasteiger partial charge on any atom is 0.270 e. The Hall–Kier alpha value is -1.43. The van der Waals surface area contributed by atoms with Crippen LogP contribution in [0.15, 0.2) is 29.6 Å². The molecule has 0 aliphatic carbocycles. The van der Waals surface area contributed by atoms with Gasteiger partial charge in [-0.2, -0.15) is 0 Å². The highest BCUT2D eigenvalue weighted by Crippen LogP contribution is 2.30. The van der Waals surface area contributed by atoms with Crippen LogP contribution in [0.3, 0.4) is 0 Å². The molecule has 0 saturated carbocycles. The van der Waals surface area contributed by atoms with E-state index in [2.05, 4.69) is 22.5 Å². The van der Waals surface area contributed by atoms with Crippen molar-refractivity contribution in [1.82, 2.24) is 15.6 Å². The number of hydrogen-bond donors (Lipinski definition) is 2. The number of aromatic nitrogens is 1. The van der Waals surface area contributed by atoms with E-state index in [1.54, 1.807) is 5.38 Å². The highest BCUT2D eigenvalue weighted by molar-refractivity contribution is 7.13. The fourth-order valence-corrected chi connectivity index (χ4v) is 3.85. The second kappa shape index (κ2) is 6.99. The Balaban J connectivity index is 1.66. The van der Waals surface area contributed by atoms with Crippen molar-refractivity contribution in [1.29, 1.82) is 0 Å². The maximum atomic E-state index is 12.3. The zero-order valence-corrected chi connectivity index (χ0v) is 14.6. The molecule has 1 amide bonds. The average Bonchev–Trinajstić information content (AvgIpc) is 3.04. The minimum Gasteiger partial charge on any atom is -0.350 e. The van der Waals surface area contributed by atoms with Crippen LogP contribution in [0.2, 0.25) is 5.02 Å². The summed E-state index contributed by atoms with van der Waals surface area (Å²) >= 11 is 7.63. The molecule has 0 spiro atoms. The Morgan fingerprint density at radius 1 is 1.39 bits per heavy atom. The Bertz CT molecular complexity index is 695. The standard InChI is InChI=1S/C17H20ClN3OS/c1-17(6-8-19-9-7-17)11-20-15(22)14-10-23-16(21-14)12-4-2-3-5-13(12)18/h2-5,10,19H,6-9,11H2,1H3,(H,20,22). The number of halogens is 1. The van der Waals surface area contributed by atoms with Gasteiger partial charge in [-0.3, -0.25) is 4.79 Å². The molecule has 1 saturated heterocycles. The lowest BCUT2D eigenvalue weighted by molar-refractivity contribution is 0.0918. The van der Waals surface area contributed by atoms with Crippen LogP contribution in [0.5, 0.6) is 0 Å². The van der Waals surface area contributed by atoms with Gasteiger partial charge in [-0.1, -0.05) is 36.7 Å². The minimum absolute atomic E-state index is 0.112. The molecule has 1 aromatic carbocycles. The fraction of sp³-hybridized carbons (Fsp3) is 0.412. The molecule has 1 aliphatic rings. The number of benzene rings is 1. The van der Waals surface area contributed by atoms with Crippen molar-refractivity contribution < 1.29 is 4.79 Å². The van der Waals surface area contributed by atoms with Crippen molar-refractivity contribution in [3.05, 3.63) is 40.4 Å². The number of nitrogens with one attached hydrogen (secondary N) is 2. The van der Waals surface area contributed by atoms with Crippen LogP contribution in [0, 0.1) is 5.41 Å². The molecule has 23 heavy (non-hydrogen) atoms. The molecule has 0 bridgehead atoms. The van der Waals surface area contributed by atoms with Crippen molar-refractivity contribution >= 4 is 28.8 Å². The third kappa shape index (κ3) is 3.91. The normalized spacial score (nSPS) is 17.0. The average molecular weight is 350 g/mol. The van der Waals surface area contributed by atoms with E-state index in [9.17, 15) is 4.79 Å². The van der Waals surface area contributed by atoms with Gasteiger partial charge in [0, 0.05) is 17.5 Å². The lowest BCUT2D eigenvalue weighted by Gasteiger charge is -2.34. The van der Waals surface area contributed by atoms with Gasteiger partial charge in [-0.05, 0) is 37.4 Å². The summed E-state index contributed by atoms with van der Waals surface area (Å²) in [4.78, 5) is 16.8. The van der Waals surface area contributed by atoms with Crippen LogP contribution in [-0.4, -0.2) is 30.5 Å². The number of carbonyl (C=O) groups excluding carboxylic acids is 1. The lowest BCUT2D eigenvalue weighted by atomic mass is 9.81. The molecule has 3 rings (SSSR count). The second-order valence-electron chi connectivity index (χ2n) is 6.26. The molecule has 2 heterocycles. The van der Waals surface area contributed by atoms with Gasteiger partial charge in [0.2, 0.25) is 0 Å². The Morgan fingerprint density at radius 3 is 2.87 bits per heavy atom. The van der Waals surface area contributed by atoms with Crippen LogP contribution >= 0.6 is 22.9 Å². The van der Waals surface area contributed by atoms with E-state index in [0.717, 1.165) is 36.5 Å². The smallest absolute Gasteiger partial charge is 0.270 e. The van der Waals surface area contributed by atoms with Crippen molar-refractivity contribution in [2.45, 2.75) is 19.8 Å². The van der Waals surface area contributed by atoms with Crippen LogP contribution in [0.1, 0.15) is 30.3 Å². The van der Waals surface area contributed by atoms with Gasteiger partial charge >= 0.3 is 0 Å². The van der Waals surface area contributed by atoms with Crippen molar-refractivity contribution in [2.24, 2.45) is 5.41 Å². The van der Waals surface area contributed by atoms with E-state index in [4.69, 9.17) is 11.6 Å². The number of thiazole rings is 1. The van der Waals surface area contributed by atoms with E-state index < -0.39 is 0 Å². The van der Waals surface area contributed by atoms with Crippen LogP contribution in [0.25, 0.3) is 10.6 Å². The predicted octanol–water partition coefficient (Wildman–Crippen LogP) is 3.58. The Morgan fingerprint density at radius 2 is 2.13 bits per heavy atom. The van der Waals surface area contributed by atoms with Gasteiger partial charge in [-0.25, -0.2) is 4.98 Å². The van der Waals surface area contributed by atoms with Crippen molar-refractivity contribution in [2.75, 3.05) is 19.6 Å². The van der Waals surface area contributed by atoms with E-state index in [0.29, 0.717) is 17.3 Å². The summed E-state index contributed by atoms with van der Waals surface area (Å²) in [5.74, 6) is -0.112. The molecule has 0 unspecified atom stereocenters. The molecular weight excluding hydrogens is 330 g/mol. The molecule has 1 fully saturated rings. The van der Waals surface area contributed by atoms with Gasteiger partial charge in [0.05, 0.1) is 5.02 Å². The minimum atomic E-state index is -0.112. The molecule has 1 aliphatic heterocycles. The van der Waals surface area contributed by atoms with Gasteiger partial charge in [-0.15, -0.1) is 11.3 Å². The number of nitrogens with zero attached hydrogens (tertiary/aromatic N) is 1. The number of hydrogen-bond acceptors (Lipinski definition) is 4. The Kier molecular flexibility index (Phi) is 4.99. The monoisotopic (exact) mass is 349 g/mol. The zero-order valence-electron chi connectivity index (χ0n) is 13.1. The summed E-state index contributed by atoms with van der Waals surface area (Å²) < 4.78 is 0. The molecule has 0 atom stereocenters. The Labute approximate surface area is 145 Å². The summed E-state index contributed by atoms with van der Waals surface area (Å²) in [7, 11) is 0. The quantitative estimate of drug-likeness (QED) is 0.887. The molecule has 6 heteroatoms. The van der Waals surface area contributed by atoms with Gasteiger partial charge in [0.25, 0.3) is 5.91 Å². The van der Waals surface area contributed by atoms with Crippen LogP contribution in [0.4, 0.5) is 0 Å². The third-order valence-electron chi connectivity index (χ3n) is 4.33. The molecule has 122 valence electrons. The molecule has 2 aromatic rings. The van der Waals surface area contributed by atoms with E-state index >= 15 is 0 Å². The summed E-state index contributed by atoms with van der Waals surface area (Å²) in [6.07, 6.45) is 2.16. The molecular formula is C17H20ClN3OS. The largest absolute Gasteiger partial charge is 0.350 e. The number of piperidine rings is 1. The molecule has 4 nitrogen and oxygen atoms in total. The highest BCUT2D eigenvalue weighted by atomic mass is 35.5. The highest BCUT2D eigenvalue weighted by Gasteiger charge is 2.27. The fourth-order valence-electron chi connectivity index (χ4n) is 2.73. The first kappa shape index (κ1) is 16.4. The summed E-state index contributed by atoms with van der Waals surface area (Å²) in [6.45, 7) is 4.94.